The molecule has 4 aromatic rings. The zero-order valence-electron chi connectivity index (χ0n) is 17.4. The number of rotatable bonds is 4. The fourth-order valence-corrected chi connectivity index (χ4v) is 5.75. The van der Waals surface area contributed by atoms with Gasteiger partial charge in [-0.25, -0.2) is 13.2 Å². The average Bonchev–Trinajstić information content (AvgIpc) is 2.98. The van der Waals surface area contributed by atoms with Crippen molar-refractivity contribution in [3.05, 3.63) is 81.7 Å². The van der Waals surface area contributed by atoms with Crippen LogP contribution < -0.4 is 9.93 Å². The van der Waals surface area contributed by atoms with Crippen LogP contribution in [0.15, 0.2) is 68.7 Å². The Hall–Kier alpha value is -3.65. The Labute approximate surface area is 183 Å². The molecule has 0 N–H and O–H groups in total. The topological polar surface area (TPSA) is 93.9 Å². The van der Waals surface area contributed by atoms with Gasteiger partial charge in [-0.1, -0.05) is 36.4 Å². The Morgan fingerprint density at radius 2 is 1.81 bits per heavy atom. The van der Waals surface area contributed by atoms with E-state index in [2.05, 4.69) is 0 Å². The normalized spacial score (nSPS) is 14.2. The van der Waals surface area contributed by atoms with Crippen LogP contribution in [0.5, 0.6) is 0 Å². The van der Waals surface area contributed by atoms with Crippen LogP contribution in [-0.2, 0) is 26.2 Å². The zero-order chi connectivity index (χ0) is 22.6. The minimum atomic E-state index is -3.86. The second-order valence-electron chi connectivity index (χ2n) is 7.78. The van der Waals surface area contributed by atoms with Gasteiger partial charge in [-0.05, 0) is 42.5 Å². The molecule has 0 atom stereocenters. The summed E-state index contributed by atoms with van der Waals surface area (Å²) in [7, 11) is -3.86. The number of carbonyl (C=O) groups excluding carboxylic acids is 1. The summed E-state index contributed by atoms with van der Waals surface area (Å²) in [4.78, 5) is 24.8. The second kappa shape index (κ2) is 7.20. The molecule has 7 nitrogen and oxygen atoms in total. The molecule has 0 bridgehead atoms. The quantitative estimate of drug-likeness (QED) is 0.347. The van der Waals surface area contributed by atoms with Crippen LogP contribution in [-0.4, -0.2) is 20.9 Å². The molecule has 162 valence electrons. The lowest BCUT2D eigenvalue weighted by Crippen LogP contribution is -2.33. The van der Waals surface area contributed by atoms with Crippen LogP contribution >= 0.6 is 0 Å². The van der Waals surface area contributed by atoms with E-state index in [1.807, 2.05) is 38.1 Å². The monoisotopic (exact) mass is 449 g/mol. The highest BCUT2D eigenvalue weighted by molar-refractivity contribution is 7.93. The number of esters is 1. The zero-order valence-corrected chi connectivity index (χ0v) is 18.2. The standard InChI is InChI=1S/C24H19NO6S/c1-14-9-10-18-17(11-21(26)31-24(18)15(14)2)13-30-22(27)12-25-19-7-3-5-16-6-4-8-20(23(16)19)32(25,28)29/h3-11H,12-13H2,1-2H3. The lowest BCUT2D eigenvalue weighted by molar-refractivity contribution is -0.143. The van der Waals surface area contributed by atoms with Gasteiger partial charge in [-0.15, -0.1) is 0 Å². The van der Waals surface area contributed by atoms with Gasteiger partial charge in [0, 0.05) is 22.4 Å². The molecule has 2 heterocycles. The fourth-order valence-electron chi connectivity index (χ4n) is 4.09. The van der Waals surface area contributed by atoms with Crippen LogP contribution in [0, 0.1) is 13.8 Å². The highest BCUT2D eigenvalue weighted by Crippen LogP contribution is 2.41. The second-order valence-corrected chi connectivity index (χ2v) is 9.61. The molecule has 0 aliphatic carbocycles. The van der Waals surface area contributed by atoms with Crippen molar-refractivity contribution in [1.29, 1.82) is 0 Å². The van der Waals surface area contributed by atoms with Gasteiger partial charge >= 0.3 is 11.6 Å². The lowest BCUT2D eigenvalue weighted by atomic mass is 10.0. The van der Waals surface area contributed by atoms with Crippen molar-refractivity contribution < 1.29 is 22.4 Å². The smallest absolute Gasteiger partial charge is 0.336 e. The van der Waals surface area contributed by atoms with Gasteiger partial charge in [0.05, 0.1) is 10.6 Å². The molecule has 0 saturated heterocycles. The van der Waals surface area contributed by atoms with Gasteiger partial charge in [0.1, 0.15) is 18.7 Å². The molecular weight excluding hydrogens is 430 g/mol. The van der Waals surface area contributed by atoms with E-state index in [9.17, 15) is 18.0 Å². The predicted octanol–water partition coefficient (Wildman–Crippen LogP) is 3.82. The molecule has 0 amide bonds. The summed E-state index contributed by atoms with van der Waals surface area (Å²) in [6, 6.07) is 15.3. The molecule has 0 radical (unpaired) electrons. The van der Waals surface area contributed by atoms with Crippen LogP contribution in [0.3, 0.4) is 0 Å². The van der Waals surface area contributed by atoms with Crippen molar-refractivity contribution in [3.8, 4) is 0 Å². The first kappa shape index (κ1) is 20.3. The van der Waals surface area contributed by atoms with E-state index >= 15 is 0 Å². The van der Waals surface area contributed by atoms with Gasteiger partial charge in [0.15, 0.2) is 0 Å². The first-order valence-electron chi connectivity index (χ1n) is 10.0. The Morgan fingerprint density at radius 1 is 1.06 bits per heavy atom. The van der Waals surface area contributed by atoms with Crippen molar-refractivity contribution in [2.24, 2.45) is 0 Å². The van der Waals surface area contributed by atoms with Crippen molar-refractivity contribution >= 4 is 43.4 Å². The number of nitrogens with zero attached hydrogens (tertiary/aromatic N) is 1. The third kappa shape index (κ3) is 3.06. The number of aryl methyl sites for hydroxylation is 2. The molecule has 0 fully saturated rings. The average molecular weight is 449 g/mol. The van der Waals surface area contributed by atoms with Crippen molar-refractivity contribution in [3.63, 3.8) is 0 Å². The molecule has 1 aliphatic heterocycles. The highest BCUT2D eigenvalue weighted by atomic mass is 32.2. The van der Waals surface area contributed by atoms with Crippen molar-refractivity contribution in [2.75, 3.05) is 10.8 Å². The van der Waals surface area contributed by atoms with Crippen LogP contribution in [0.2, 0.25) is 0 Å². The van der Waals surface area contributed by atoms with Gasteiger partial charge in [0.2, 0.25) is 0 Å². The van der Waals surface area contributed by atoms with E-state index in [1.54, 1.807) is 18.2 Å². The minimum Gasteiger partial charge on any atom is -0.459 e. The van der Waals surface area contributed by atoms with Crippen LogP contribution in [0.25, 0.3) is 21.7 Å². The third-order valence-corrected chi connectivity index (χ3v) is 7.66. The number of benzene rings is 3. The Kier molecular flexibility index (Phi) is 4.56. The van der Waals surface area contributed by atoms with Crippen molar-refractivity contribution in [1.82, 2.24) is 0 Å². The number of hydrogen-bond acceptors (Lipinski definition) is 6. The maximum absolute atomic E-state index is 13.0. The van der Waals surface area contributed by atoms with Gasteiger partial charge in [0.25, 0.3) is 10.0 Å². The molecular formula is C24H19NO6S. The van der Waals surface area contributed by atoms with Gasteiger partial charge in [-0.2, -0.15) is 0 Å². The van der Waals surface area contributed by atoms with E-state index in [4.69, 9.17) is 9.15 Å². The largest absolute Gasteiger partial charge is 0.459 e. The summed E-state index contributed by atoms with van der Waals surface area (Å²) < 4.78 is 37.8. The molecule has 0 saturated carbocycles. The number of ether oxygens (including phenoxy) is 1. The Bertz CT molecular complexity index is 1580. The summed E-state index contributed by atoms with van der Waals surface area (Å²) in [6.45, 7) is 3.13. The van der Waals surface area contributed by atoms with E-state index in [0.717, 1.165) is 20.8 Å². The van der Waals surface area contributed by atoms with E-state index in [0.29, 0.717) is 27.6 Å². The SMILES string of the molecule is Cc1ccc2c(COC(=O)CN3c4cccc5cccc(c45)S3(=O)=O)cc(=O)oc2c1C. The highest BCUT2D eigenvalue weighted by Gasteiger charge is 2.37. The molecule has 8 heteroatoms. The number of carbonyl (C=O) groups is 1. The third-order valence-electron chi connectivity index (χ3n) is 5.86. The lowest BCUT2D eigenvalue weighted by Gasteiger charge is -2.18. The summed E-state index contributed by atoms with van der Waals surface area (Å²) in [5.74, 6) is -0.719. The van der Waals surface area contributed by atoms with Gasteiger partial charge in [-0.3, -0.25) is 9.10 Å². The van der Waals surface area contributed by atoms with E-state index in [-0.39, 0.29) is 11.5 Å². The molecule has 3 aromatic carbocycles. The fraction of sp³-hybridized carbons (Fsp3) is 0.167. The number of sulfonamides is 1. The van der Waals surface area contributed by atoms with Crippen LogP contribution in [0.1, 0.15) is 16.7 Å². The molecule has 5 rings (SSSR count). The number of hydrogen-bond donors (Lipinski definition) is 0. The van der Waals surface area contributed by atoms with E-state index < -0.39 is 28.2 Å². The maximum atomic E-state index is 13.0. The Balaban J connectivity index is 1.42. The number of fused-ring (bicyclic) bond motifs is 1. The first-order chi connectivity index (χ1) is 15.3. The maximum Gasteiger partial charge on any atom is 0.336 e. The summed E-state index contributed by atoms with van der Waals surface area (Å²) in [5, 5.41) is 2.05. The Morgan fingerprint density at radius 3 is 2.59 bits per heavy atom. The van der Waals surface area contributed by atoms with Crippen molar-refractivity contribution in [2.45, 2.75) is 25.3 Å². The van der Waals surface area contributed by atoms with Crippen LogP contribution in [0.4, 0.5) is 5.69 Å². The molecule has 32 heavy (non-hydrogen) atoms. The van der Waals surface area contributed by atoms with E-state index in [1.165, 1.54) is 12.1 Å². The molecule has 1 aliphatic rings. The number of anilines is 1. The summed E-state index contributed by atoms with van der Waals surface area (Å²) in [6.07, 6.45) is 0. The molecule has 0 spiro atoms. The summed E-state index contributed by atoms with van der Waals surface area (Å²) >= 11 is 0. The van der Waals surface area contributed by atoms with Gasteiger partial charge < -0.3 is 9.15 Å². The minimum absolute atomic E-state index is 0.172. The molecule has 0 unspecified atom stereocenters. The predicted molar refractivity (Wildman–Crippen MR) is 120 cm³/mol. The first-order valence-corrected chi connectivity index (χ1v) is 11.4. The summed E-state index contributed by atoms with van der Waals surface area (Å²) in [5.41, 5.74) is 2.67. The molecule has 1 aromatic heterocycles.